The minimum atomic E-state index is -0.511. The van der Waals surface area contributed by atoms with Crippen LogP contribution in [0.2, 0.25) is 0 Å². The predicted molar refractivity (Wildman–Crippen MR) is 123 cm³/mol. The van der Waals surface area contributed by atoms with Gasteiger partial charge in [0.05, 0.1) is 35.5 Å². The maximum Gasteiger partial charge on any atom is 0.407 e. The van der Waals surface area contributed by atoms with Crippen molar-refractivity contribution in [2.45, 2.75) is 51.8 Å². The number of carbonyl (C=O) groups is 1. The van der Waals surface area contributed by atoms with Gasteiger partial charge in [-0.15, -0.1) is 0 Å². The Morgan fingerprint density at radius 2 is 2.17 bits per heavy atom. The number of nitrogen functional groups attached to an aromatic ring is 1. The summed E-state index contributed by atoms with van der Waals surface area (Å²) >= 11 is 3.38. The molecule has 0 bridgehead atoms. The highest BCUT2D eigenvalue weighted by Crippen LogP contribution is 2.28. The van der Waals surface area contributed by atoms with Crippen molar-refractivity contribution in [3.8, 4) is 0 Å². The van der Waals surface area contributed by atoms with Crippen LogP contribution in [0.15, 0.2) is 35.2 Å². The second-order valence-electron chi connectivity index (χ2n) is 8.35. The zero-order chi connectivity index (χ0) is 21.7. The van der Waals surface area contributed by atoms with Crippen molar-refractivity contribution in [3.63, 3.8) is 0 Å². The van der Waals surface area contributed by atoms with Crippen molar-refractivity contribution < 1.29 is 9.53 Å². The van der Waals surface area contributed by atoms with E-state index in [2.05, 4.69) is 41.4 Å². The van der Waals surface area contributed by atoms with Crippen LogP contribution in [0.3, 0.4) is 0 Å². The smallest absolute Gasteiger partial charge is 0.407 e. The van der Waals surface area contributed by atoms with E-state index in [0.29, 0.717) is 18.8 Å². The third kappa shape index (κ3) is 6.22. The first-order valence-corrected chi connectivity index (χ1v) is 10.8. The third-order valence-electron chi connectivity index (χ3n) is 4.70. The van der Waals surface area contributed by atoms with Gasteiger partial charge in [0.15, 0.2) is 0 Å². The minimum Gasteiger partial charge on any atom is -0.444 e. The summed E-state index contributed by atoms with van der Waals surface area (Å²) < 4.78 is 6.14. The number of halogens is 1. The molecule has 9 heteroatoms. The van der Waals surface area contributed by atoms with Crippen molar-refractivity contribution in [3.05, 3.63) is 40.9 Å². The maximum atomic E-state index is 12.2. The molecule has 3 heterocycles. The van der Waals surface area contributed by atoms with E-state index in [4.69, 9.17) is 10.5 Å². The highest BCUT2D eigenvalue weighted by molar-refractivity contribution is 9.10. The number of anilines is 3. The molecule has 8 nitrogen and oxygen atoms in total. The Labute approximate surface area is 185 Å². The number of carbonyl (C=O) groups excluding carboxylic acids is 1. The lowest BCUT2D eigenvalue weighted by molar-refractivity contribution is 0.0500. The van der Waals surface area contributed by atoms with E-state index in [1.165, 1.54) is 0 Å². The monoisotopic (exact) mass is 476 g/mol. The average Bonchev–Trinajstić information content (AvgIpc) is 2.67. The molecule has 1 fully saturated rings. The van der Waals surface area contributed by atoms with E-state index >= 15 is 0 Å². The van der Waals surface area contributed by atoms with Crippen LogP contribution in [0, 0.1) is 0 Å². The summed E-state index contributed by atoms with van der Waals surface area (Å²) in [4.78, 5) is 23.1. The molecule has 4 N–H and O–H groups in total. The molecule has 0 aliphatic carbocycles. The quantitative estimate of drug-likeness (QED) is 0.561. The summed E-state index contributed by atoms with van der Waals surface area (Å²) in [5, 5.41) is 6.40. The number of nitrogens with one attached hydrogen (secondary N) is 2. The van der Waals surface area contributed by atoms with Crippen molar-refractivity contribution >= 4 is 39.1 Å². The van der Waals surface area contributed by atoms with Crippen molar-refractivity contribution in [1.29, 1.82) is 0 Å². The van der Waals surface area contributed by atoms with Crippen LogP contribution < -0.4 is 21.3 Å². The van der Waals surface area contributed by atoms with Crippen LogP contribution >= 0.6 is 15.9 Å². The number of hydrogen-bond donors (Lipinski definition) is 3. The zero-order valence-electron chi connectivity index (χ0n) is 17.6. The van der Waals surface area contributed by atoms with Crippen LogP contribution in [0.4, 0.5) is 21.9 Å². The lowest BCUT2D eigenvalue weighted by atomic mass is 10.0. The third-order valence-corrected chi connectivity index (χ3v) is 5.14. The van der Waals surface area contributed by atoms with E-state index in [1.54, 1.807) is 12.4 Å². The second kappa shape index (κ2) is 9.51. The van der Waals surface area contributed by atoms with Gasteiger partial charge < -0.3 is 26.0 Å². The van der Waals surface area contributed by atoms with Crippen molar-refractivity contribution in [2.24, 2.45) is 0 Å². The van der Waals surface area contributed by atoms with Gasteiger partial charge in [0, 0.05) is 25.3 Å². The van der Waals surface area contributed by atoms with Crippen LogP contribution in [-0.4, -0.2) is 40.8 Å². The minimum absolute atomic E-state index is 0.0250. The number of amides is 1. The number of pyridine rings is 2. The fourth-order valence-corrected chi connectivity index (χ4v) is 3.74. The Balaban J connectivity index is 1.67. The molecule has 1 amide bonds. The van der Waals surface area contributed by atoms with Gasteiger partial charge in [-0.1, -0.05) is 0 Å². The molecule has 1 saturated heterocycles. The Morgan fingerprint density at radius 3 is 2.93 bits per heavy atom. The summed E-state index contributed by atoms with van der Waals surface area (Å²) in [5.41, 5.74) is 8.87. The molecule has 162 valence electrons. The fourth-order valence-electron chi connectivity index (χ4n) is 3.39. The molecule has 0 aromatic carbocycles. The van der Waals surface area contributed by atoms with Crippen LogP contribution in [0.5, 0.6) is 0 Å². The number of piperidine rings is 1. The zero-order valence-corrected chi connectivity index (χ0v) is 19.2. The molecule has 2 aromatic rings. The molecule has 1 atom stereocenters. The number of ether oxygens (including phenoxy) is 1. The van der Waals surface area contributed by atoms with Gasteiger partial charge in [0.1, 0.15) is 10.2 Å². The summed E-state index contributed by atoms with van der Waals surface area (Å²) in [6.07, 6.45) is 5.09. The number of aromatic nitrogens is 2. The number of nitrogens with two attached hydrogens (primary N) is 1. The molecule has 0 spiro atoms. The largest absolute Gasteiger partial charge is 0.444 e. The van der Waals surface area contributed by atoms with Crippen LogP contribution in [-0.2, 0) is 11.3 Å². The van der Waals surface area contributed by atoms with E-state index in [1.807, 2.05) is 39.0 Å². The van der Waals surface area contributed by atoms with Gasteiger partial charge in [0.2, 0.25) is 0 Å². The molecular weight excluding hydrogens is 448 g/mol. The summed E-state index contributed by atoms with van der Waals surface area (Å²) in [6.45, 7) is 7.68. The number of alkyl carbamates (subject to hydrolysis) is 1. The van der Waals surface area contributed by atoms with Gasteiger partial charge in [-0.3, -0.25) is 4.98 Å². The lowest BCUT2D eigenvalue weighted by Gasteiger charge is -2.36. The van der Waals surface area contributed by atoms with Gasteiger partial charge in [-0.2, -0.15) is 0 Å². The number of rotatable bonds is 5. The average molecular weight is 477 g/mol. The molecule has 2 aromatic heterocycles. The maximum absolute atomic E-state index is 12.2. The van der Waals surface area contributed by atoms with Crippen molar-refractivity contribution in [1.82, 2.24) is 15.3 Å². The normalized spacial score (nSPS) is 16.8. The van der Waals surface area contributed by atoms with Gasteiger partial charge in [-0.05, 0) is 67.7 Å². The highest BCUT2D eigenvalue weighted by Gasteiger charge is 2.25. The first-order chi connectivity index (χ1) is 14.2. The summed E-state index contributed by atoms with van der Waals surface area (Å²) in [6, 6.07) is 5.66. The Hall–Kier alpha value is -2.55. The SMILES string of the molecule is CC(C)(C)OC(=O)N[C@H]1CCCN(c2ccncc2NCc2nc(Br)ccc2N)C1. The number of hydrogen-bond acceptors (Lipinski definition) is 7. The van der Waals surface area contributed by atoms with Gasteiger partial charge in [0.25, 0.3) is 0 Å². The Kier molecular flexibility index (Phi) is 7.02. The standard InChI is InChI=1S/C21H29BrN6O2/c1-21(2,3)30-20(29)26-14-5-4-10-28(13-14)18-8-9-24-11-17(18)25-12-16-15(23)6-7-19(22)27-16/h6-9,11,14,25H,4-5,10,12-13,23H2,1-3H3,(H,26,29)/t14-/m0/s1. The molecule has 1 aliphatic heterocycles. The van der Waals surface area contributed by atoms with Crippen LogP contribution in [0.25, 0.3) is 0 Å². The summed E-state index contributed by atoms with van der Waals surface area (Å²) in [7, 11) is 0. The van der Waals surface area contributed by atoms with E-state index in [-0.39, 0.29) is 12.1 Å². The van der Waals surface area contributed by atoms with E-state index < -0.39 is 5.60 Å². The van der Waals surface area contributed by atoms with E-state index in [9.17, 15) is 4.79 Å². The highest BCUT2D eigenvalue weighted by atomic mass is 79.9. The fraction of sp³-hybridized carbons (Fsp3) is 0.476. The Bertz CT molecular complexity index is 886. The van der Waals surface area contributed by atoms with Crippen molar-refractivity contribution in [2.75, 3.05) is 29.0 Å². The molecule has 3 rings (SSSR count). The predicted octanol–water partition coefficient (Wildman–Crippen LogP) is 3.93. The Morgan fingerprint density at radius 1 is 1.37 bits per heavy atom. The molecule has 0 saturated carbocycles. The first-order valence-electron chi connectivity index (χ1n) is 10.0. The first kappa shape index (κ1) is 22.1. The molecule has 0 radical (unpaired) electrons. The molecule has 0 unspecified atom stereocenters. The summed E-state index contributed by atoms with van der Waals surface area (Å²) in [5.74, 6) is 0. The van der Waals surface area contributed by atoms with E-state index in [0.717, 1.165) is 41.1 Å². The second-order valence-corrected chi connectivity index (χ2v) is 9.16. The molecule has 1 aliphatic rings. The number of nitrogens with zero attached hydrogens (tertiary/aromatic N) is 3. The lowest BCUT2D eigenvalue weighted by Crippen LogP contribution is -2.49. The van der Waals surface area contributed by atoms with Gasteiger partial charge >= 0.3 is 6.09 Å². The molecular formula is C21H29BrN6O2. The van der Waals surface area contributed by atoms with Crippen LogP contribution in [0.1, 0.15) is 39.3 Å². The van der Waals surface area contributed by atoms with Gasteiger partial charge in [-0.25, -0.2) is 9.78 Å². The molecule has 30 heavy (non-hydrogen) atoms. The topological polar surface area (TPSA) is 105 Å².